The second-order valence-electron chi connectivity index (χ2n) is 9.09. The van der Waals surface area contributed by atoms with Gasteiger partial charge in [0.2, 0.25) is 6.29 Å². The number of ether oxygens (including phenoxy) is 4. The molecule has 2 bridgehead atoms. The zero-order valence-corrected chi connectivity index (χ0v) is 17.6. The zero-order chi connectivity index (χ0) is 22.2. The van der Waals surface area contributed by atoms with Gasteiger partial charge in [-0.1, -0.05) is 12.1 Å². The molecule has 0 saturated carbocycles. The Hall–Kier alpha value is -2.14. The molecule has 5 aliphatic rings. The number of hydrogen-bond acceptors (Lipinski definition) is 9. The van der Waals surface area contributed by atoms with E-state index >= 15 is 0 Å². The van der Waals surface area contributed by atoms with Crippen LogP contribution in [0.25, 0.3) is 0 Å². The van der Waals surface area contributed by atoms with Crippen LogP contribution in [0, 0.1) is 5.92 Å². The monoisotopic (exact) mass is 445 g/mol. The van der Waals surface area contributed by atoms with Gasteiger partial charge in [0.15, 0.2) is 23.9 Å². The first-order valence-corrected chi connectivity index (χ1v) is 11.0. The summed E-state index contributed by atoms with van der Waals surface area (Å²) >= 11 is 0. The molecule has 8 atom stereocenters. The minimum absolute atomic E-state index is 0.238. The highest BCUT2D eigenvalue weighted by Gasteiger charge is 2.61. The van der Waals surface area contributed by atoms with Crippen molar-refractivity contribution in [3.05, 3.63) is 46.7 Å². The normalized spacial score (nSPS) is 41.2. The van der Waals surface area contributed by atoms with Crippen LogP contribution in [0.15, 0.2) is 35.6 Å². The van der Waals surface area contributed by atoms with E-state index in [0.717, 1.165) is 30.7 Å². The Labute approximate surface area is 184 Å². The van der Waals surface area contributed by atoms with Gasteiger partial charge in [0, 0.05) is 11.6 Å². The van der Waals surface area contributed by atoms with E-state index < -0.39 is 37.3 Å². The second kappa shape index (κ2) is 7.18. The molecular formula is C23H27NO8. The summed E-state index contributed by atoms with van der Waals surface area (Å²) in [6, 6.07) is 4.05. The zero-order valence-electron chi connectivity index (χ0n) is 17.6. The molecule has 9 heteroatoms. The molecule has 3 heterocycles. The first kappa shape index (κ1) is 20.5. The van der Waals surface area contributed by atoms with Gasteiger partial charge in [0.1, 0.15) is 11.9 Å². The van der Waals surface area contributed by atoms with Gasteiger partial charge in [-0.25, -0.2) is 0 Å². The van der Waals surface area contributed by atoms with Crippen LogP contribution in [0.1, 0.15) is 17.5 Å². The third-order valence-corrected chi connectivity index (χ3v) is 7.64. The number of hydrogen-bond donors (Lipinski definition) is 5. The molecule has 9 nitrogen and oxygen atoms in total. The van der Waals surface area contributed by atoms with Crippen LogP contribution >= 0.6 is 0 Å². The van der Waals surface area contributed by atoms with Gasteiger partial charge in [-0.2, -0.15) is 0 Å². The van der Waals surface area contributed by atoms with Gasteiger partial charge in [-0.05, 0) is 42.7 Å². The summed E-state index contributed by atoms with van der Waals surface area (Å²) < 4.78 is 23.7. The number of methoxy groups -OCH3 is 1. The third kappa shape index (κ3) is 2.55. The van der Waals surface area contributed by atoms with Crippen molar-refractivity contribution in [2.45, 2.75) is 55.2 Å². The first-order chi connectivity index (χ1) is 15.5. The van der Waals surface area contributed by atoms with Gasteiger partial charge in [-0.3, -0.25) is 0 Å². The van der Waals surface area contributed by atoms with Gasteiger partial charge < -0.3 is 44.7 Å². The summed E-state index contributed by atoms with van der Waals surface area (Å²) in [6.45, 7) is 0.373. The van der Waals surface area contributed by atoms with Crippen molar-refractivity contribution in [2.24, 2.45) is 5.92 Å². The van der Waals surface area contributed by atoms with Crippen molar-refractivity contribution in [3.63, 3.8) is 0 Å². The van der Waals surface area contributed by atoms with Gasteiger partial charge >= 0.3 is 0 Å². The lowest BCUT2D eigenvalue weighted by molar-refractivity contribution is -0.312. The fourth-order valence-electron chi connectivity index (χ4n) is 6.12. The number of benzene rings is 1. The lowest BCUT2D eigenvalue weighted by Crippen LogP contribution is -2.58. The number of nitrogens with one attached hydrogen (secondary N) is 1. The standard InChI is InChI=1S/C23H27NO8/c1-29-15-5-3-12-13-8-10-2-4-14(19-16(10)23(12,6-7-24-13)20(15)31-19)30-22-11(9-25)17(26)18(27)21(28)32-22/h2-5,11,13,17-18,20-22,24-28H,6-9H2,1H3/t11-,13?,17-,18+,20+,21+,22+,23+/m1/s1. The molecule has 6 rings (SSSR count). The molecule has 32 heavy (non-hydrogen) atoms. The first-order valence-electron chi connectivity index (χ1n) is 11.0. The van der Waals surface area contributed by atoms with Gasteiger partial charge in [0.25, 0.3) is 0 Å². The molecule has 1 aromatic carbocycles. The maximum atomic E-state index is 10.3. The number of allylic oxidation sites excluding steroid dienone is 2. The fourth-order valence-corrected chi connectivity index (χ4v) is 6.12. The number of piperidine rings is 1. The van der Waals surface area contributed by atoms with E-state index in [4.69, 9.17) is 18.9 Å². The van der Waals surface area contributed by atoms with Crippen molar-refractivity contribution in [1.29, 1.82) is 0 Å². The van der Waals surface area contributed by atoms with Crippen LogP contribution < -0.4 is 14.8 Å². The Morgan fingerprint density at radius 2 is 2.03 bits per heavy atom. The van der Waals surface area contributed by atoms with E-state index in [9.17, 15) is 20.4 Å². The maximum absolute atomic E-state index is 10.3. The van der Waals surface area contributed by atoms with Crippen molar-refractivity contribution in [3.8, 4) is 11.5 Å². The molecule has 1 unspecified atom stereocenters. The summed E-state index contributed by atoms with van der Waals surface area (Å²) in [4.78, 5) is 0. The summed E-state index contributed by atoms with van der Waals surface area (Å²) in [5, 5.41) is 43.6. The van der Waals surface area contributed by atoms with Crippen LogP contribution in [0.4, 0.5) is 0 Å². The van der Waals surface area contributed by atoms with Crippen LogP contribution in [0.2, 0.25) is 0 Å². The van der Waals surface area contributed by atoms with Crippen molar-refractivity contribution >= 4 is 0 Å². The molecule has 5 N–H and O–H groups in total. The molecule has 1 spiro atoms. The molecule has 3 aliphatic heterocycles. The minimum Gasteiger partial charge on any atom is -0.497 e. The molecule has 2 aliphatic carbocycles. The van der Waals surface area contributed by atoms with E-state index in [1.807, 2.05) is 12.1 Å². The second-order valence-corrected chi connectivity index (χ2v) is 9.09. The fraction of sp³-hybridized carbons (Fsp3) is 0.565. The van der Waals surface area contributed by atoms with E-state index in [1.165, 1.54) is 11.1 Å². The predicted octanol–water partition coefficient (Wildman–Crippen LogP) is -0.543. The summed E-state index contributed by atoms with van der Waals surface area (Å²) in [5.74, 6) is 0.810. The van der Waals surface area contributed by atoms with Crippen LogP contribution in [-0.4, -0.2) is 77.6 Å². The third-order valence-electron chi connectivity index (χ3n) is 7.64. The number of rotatable bonds is 4. The summed E-state index contributed by atoms with van der Waals surface area (Å²) in [6.07, 6.45) is -0.232. The maximum Gasteiger partial charge on any atom is 0.210 e. The Kier molecular flexibility index (Phi) is 4.59. The summed E-state index contributed by atoms with van der Waals surface area (Å²) in [7, 11) is 1.64. The van der Waals surface area contributed by atoms with Gasteiger partial charge in [0.05, 0.1) is 31.2 Å². The average Bonchev–Trinajstić information content (AvgIpc) is 3.13. The highest BCUT2D eigenvalue weighted by molar-refractivity contribution is 5.67. The molecular weight excluding hydrogens is 418 g/mol. The Bertz CT molecular complexity index is 1010. The van der Waals surface area contributed by atoms with E-state index in [0.29, 0.717) is 11.5 Å². The minimum atomic E-state index is -1.63. The molecule has 0 radical (unpaired) electrons. The molecule has 0 amide bonds. The van der Waals surface area contributed by atoms with Crippen molar-refractivity contribution < 1.29 is 39.4 Å². The lowest BCUT2D eigenvalue weighted by atomic mass is 9.58. The summed E-state index contributed by atoms with van der Waals surface area (Å²) in [5.41, 5.74) is 3.22. The number of aliphatic hydroxyl groups excluding tert-OH is 4. The lowest BCUT2D eigenvalue weighted by Gasteiger charge is -2.49. The molecule has 1 aromatic rings. The van der Waals surface area contributed by atoms with Crippen LogP contribution in [0.5, 0.6) is 11.5 Å². The molecule has 2 saturated heterocycles. The Balaban J connectivity index is 1.43. The quantitative estimate of drug-likeness (QED) is 0.415. The van der Waals surface area contributed by atoms with Crippen molar-refractivity contribution in [1.82, 2.24) is 5.32 Å². The highest BCUT2D eigenvalue weighted by Crippen LogP contribution is 2.61. The predicted molar refractivity (Wildman–Crippen MR) is 110 cm³/mol. The topological polar surface area (TPSA) is 130 Å². The SMILES string of the molecule is COC1=CC=C2C3Cc4ccc(O[C@H]5O[C@H](O)[C@@H](O)[C@H](O)[C@H]5CO)c5c4[C@@]2(CCN3)[C@H]1O5. The van der Waals surface area contributed by atoms with Crippen molar-refractivity contribution in [2.75, 3.05) is 20.3 Å². The molecule has 2 fully saturated rings. The Morgan fingerprint density at radius 1 is 1.19 bits per heavy atom. The molecule has 172 valence electrons. The average molecular weight is 445 g/mol. The highest BCUT2D eigenvalue weighted by atomic mass is 16.7. The Morgan fingerprint density at radius 3 is 2.81 bits per heavy atom. The molecule has 0 aromatic heterocycles. The van der Waals surface area contributed by atoms with E-state index in [2.05, 4.69) is 11.4 Å². The van der Waals surface area contributed by atoms with Gasteiger partial charge in [-0.15, -0.1) is 0 Å². The number of aliphatic hydroxyl groups is 4. The smallest absolute Gasteiger partial charge is 0.210 e. The van der Waals surface area contributed by atoms with E-state index in [-0.39, 0.29) is 17.6 Å². The van der Waals surface area contributed by atoms with Crippen LogP contribution in [-0.2, 0) is 21.3 Å². The van der Waals surface area contributed by atoms with E-state index in [1.54, 1.807) is 13.2 Å². The largest absolute Gasteiger partial charge is 0.497 e. The van der Waals surface area contributed by atoms with Crippen LogP contribution in [0.3, 0.4) is 0 Å².